The molecule has 2 aromatic carbocycles. The second-order valence-electron chi connectivity index (χ2n) is 7.10. The summed E-state index contributed by atoms with van der Waals surface area (Å²) in [6, 6.07) is 15.8. The number of nitrogens with one attached hydrogen (secondary N) is 1. The van der Waals surface area contributed by atoms with Crippen LogP contribution in [0, 0.1) is 13.8 Å². The van der Waals surface area contributed by atoms with Crippen molar-refractivity contribution >= 4 is 11.7 Å². The molecule has 0 unspecified atom stereocenters. The van der Waals surface area contributed by atoms with Gasteiger partial charge < -0.3 is 9.84 Å². The van der Waals surface area contributed by atoms with Crippen LogP contribution in [0.3, 0.4) is 0 Å². The van der Waals surface area contributed by atoms with Crippen molar-refractivity contribution in [2.45, 2.75) is 20.4 Å². The lowest BCUT2D eigenvalue weighted by Gasteiger charge is -2.10. The third-order valence-electron chi connectivity index (χ3n) is 4.99. The number of rotatable bonds is 6. The van der Waals surface area contributed by atoms with Crippen LogP contribution in [0.25, 0.3) is 11.4 Å². The van der Waals surface area contributed by atoms with Crippen LogP contribution in [-0.2, 0) is 6.54 Å². The number of aromatic nitrogens is 3. The first-order valence-corrected chi connectivity index (χ1v) is 9.75. The highest BCUT2D eigenvalue weighted by atomic mass is 16.5. The van der Waals surface area contributed by atoms with Gasteiger partial charge in [-0.05, 0) is 49.2 Å². The number of aryl methyl sites for hydroxylation is 2. The van der Waals surface area contributed by atoms with Gasteiger partial charge in [0.1, 0.15) is 0 Å². The second-order valence-corrected chi connectivity index (χ2v) is 7.10. The van der Waals surface area contributed by atoms with Crippen molar-refractivity contribution in [3.8, 4) is 11.4 Å². The van der Waals surface area contributed by atoms with Crippen LogP contribution in [0.1, 0.15) is 43.3 Å². The van der Waals surface area contributed by atoms with Crippen molar-refractivity contribution in [3.63, 3.8) is 0 Å². The summed E-state index contributed by atoms with van der Waals surface area (Å²) in [6.45, 7) is 3.99. The summed E-state index contributed by atoms with van der Waals surface area (Å²) in [5, 5.41) is 6.67. The lowest BCUT2D eigenvalue weighted by atomic mass is 9.95. The molecule has 4 rings (SSSR count). The van der Waals surface area contributed by atoms with Crippen molar-refractivity contribution < 1.29 is 14.1 Å². The average Bonchev–Trinajstić information content (AvgIpc) is 3.28. The number of amides is 1. The molecule has 0 aliphatic rings. The fourth-order valence-corrected chi connectivity index (χ4v) is 3.11. The molecule has 2 aromatic heterocycles. The number of pyridine rings is 1. The van der Waals surface area contributed by atoms with E-state index in [1.165, 1.54) is 0 Å². The molecule has 0 bridgehead atoms. The molecule has 4 aromatic rings. The molecule has 1 N–H and O–H groups in total. The number of ketones is 1. The van der Waals surface area contributed by atoms with Gasteiger partial charge in [0.15, 0.2) is 5.78 Å². The van der Waals surface area contributed by atoms with Crippen molar-refractivity contribution in [2.75, 3.05) is 0 Å². The molecule has 1 amide bonds. The maximum atomic E-state index is 13.0. The van der Waals surface area contributed by atoms with Crippen LogP contribution < -0.4 is 5.32 Å². The monoisotopic (exact) mass is 412 g/mol. The van der Waals surface area contributed by atoms with E-state index in [1.807, 2.05) is 26.0 Å². The summed E-state index contributed by atoms with van der Waals surface area (Å²) >= 11 is 0. The summed E-state index contributed by atoms with van der Waals surface area (Å²) in [4.78, 5) is 34.1. The van der Waals surface area contributed by atoms with Crippen LogP contribution >= 0.6 is 0 Å². The van der Waals surface area contributed by atoms with E-state index < -0.39 is 5.91 Å². The summed E-state index contributed by atoms with van der Waals surface area (Å²) in [7, 11) is 0. The Kier molecular flexibility index (Phi) is 5.66. The van der Waals surface area contributed by atoms with Crippen LogP contribution in [-0.4, -0.2) is 26.8 Å². The third kappa shape index (κ3) is 4.40. The van der Waals surface area contributed by atoms with Gasteiger partial charge in [-0.1, -0.05) is 35.5 Å². The van der Waals surface area contributed by atoms with Gasteiger partial charge in [-0.3, -0.25) is 14.6 Å². The number of hydrogen-bond donors (Lipinski definition) is 1. The molecule has 0 atom stereocenters. The van der Waals surface area contributed by atoms with Crippen LogP contribution in [0.5, 0.6) is 0 Å². The summed E-state index contributed by atoms with van der Waals surface area (Å²) in [5.74, 6) is 0.0816. The fourth-order valence-electron chi connectivity index (χ4n) is 3.11. The predicted molar refractivity (Wildman–Crippen MR) is 114 cm³/mol. The Morgan fingerprint density at radius 1 is 0.935 bits per heavy atom. The minimum atomic E-state index is -0.392. The molecule has 31 heavy (non-hydrogen) atoms. The molecule has 0 saturated heterocycles. The molecule has 2 heterocycles. The van der Waals surface area contributed by atoms with E-state index in [-0.39, 0.29) is 18.2 Å². The number of hydrogen-bond acceptors (Lipinski definition) is 6. The lowest BCUT2D eigenvalue weighted by molar-refractivity contribution is 0.0935. The lowest BCUT2D eigenvalue weighted by Crippen LogP contribution is -2.25. The zero-order valence-electron chi connectivity index (χ0n) is 17.1. The normalized spacial score (nSPS) is 10.6. The van der Waals surface area contributed by atoms with Gasteiger partial charge in [0.05, 0.1) is 12.1 Å². The Morgan fingerprint density at radius 3 is 2.42 bits per heavy atom. The minimum Gasteiger partial charge on any atom is -0.343 e. The Bertz CT molecular complexity index is 1250. The molecule has 154 valence electrons. The predicted octanol–water partition coefficient (Wildman–Crippen LogP) is 3.91. The summed E-state index contributed by atoms with van der Waals surface area (Å²) in [5.41, 5.74) is 4.07. The maximum absolute atomic E-state index is 13.0. The minimum absolute atomic E-state index is 0.0447. The largest absolute Gasteiger partial charge is 0.343 e. The van der Waals surface area contributed by atoms with Crippen LogP contribution in [0.2, 0.25) is 0 Å². The standard InChI is InChI=1S/C24H20N4O3/c1-15-7-8-18(13-16(15)2)22(29)19-5-3-4-6-20(19)24(30)26-14-21-27-23(28-31-21)17-9-11-25-12-10-17/h3-13H,14H2,1-2H3,(H,26,30). The quantitative estimate of drug-likeness (QED) is 0.482. The first kappa shape index (κ1) is 20.2. The first-order valence-electron chi connectivity index (χ1n) is 9.75. The van der Waals surface area contributed by atoms with Gasteiger partial charge in [-0.2, -0.15) is 4.98 Å². The van der Waals surface area contributed by atoms with E-state index in [9.17, 15) is 9.59 Å². The molecular weight excluding hydrogens is 392 g/mol. The van der Waals surface area contributed by atoms with Crippen LogP contribution in [0.4, 0.5) is 0 Å². The summed E-state index contributed by atoms with van der Waals surface area (Å²) in [6.07, 6.45) is 3.27. The Morgan fingerprint density at radius 2 is 1.68 bits per heavy atom. The number of benzene rings is 2. The van der Waals surface area contributed by atoms with Crippen molar-refractivity contribution in [2.24, 2.45) is 0 Å². The molecule has 7 nitrogen and oxygen atoms in total. The average molecular weight is 412 g/mol. The molecule has 0 aliphatic carbocycles. The second kappa shape index (κ2) is 8.71. The van der Waals surface area contributed by atoms with Gasteiger partial charge in [0, 0.05) is 29.1 Å². The van der Waals surface area contributed by atoms with Crippen molar-refractivity contribution in [1.82, 2.24) is 20.4 Å². The topological polar surface area (TPSA) is 98.0 Å². The van der Waals surface area contributed by atoms with Gasteiger partial charge in [-0.15, -0.1) is 0 Å². The zero-order chi connectivity index (χ0) is 21.8. The van der Waals surface area contributed by atoms with E-state index in [2.05, 4.69) is 20.4 Å². The highest BCUT2D eigenvalue weighted by Gasteiger charge is 2.19. The molecule has 0 aliphatic heterocycles. The molecule has 7 heteroatoms. The Hall–Kier alpha value is -4.13. The maximum Gasteiger partial charge on any atom is 0.252 e. The van der Waals surface area contributed by atoms with Crippen LogP contribution in [0.15, 0.2) is 71.5 Å². The van der Waals surface area contributed by atoms with Gasteiger partial charge in [0.2, 0.25) is 11.7 Å². The van der Waals surface area contributed by atoms with E-state index in [4.69, 9.17) is 4.52 Å². The zero-order valence-corrected chi connectivity index (χ0v) is 17.1. The SMILES string of the molecule is Cc1ccc(C(=O)c2ccccc2C(=O)NCc2nc(-c3ccncc3)no2)cc1C. The Balaban J connectivity index is 1.50. The van der Waals surface area contributed by atoms with E-state index >= 15 is 0 Å². The third-order valence-corrected chi connectivity index (χ3v) is 4.99. The van der Waals surface area contributed by atoms with Gasteiger partial charge >= 0.3 is 0 Å². The van der Waals surface area contributed by atoms with Gasteiger partial charge in [0.25, 0.3) is 5.91 Å². The number of carbonyl (C=O) groups is 2. The summed E-state index contributed by atoms with van der Waals surface area (Å²) < 4.78 is 5.21. The van der Waals surface area contributed by atoms with Crippen molar-refractivity contribution in [1.29, 1.82) is 0 Å². The molecule has 0 saturated carbocycles. The fraction of sp³-hybridized carbons (Fsp3) is 0.125. The van der Waals surface area contributed by atoms with E-state index in [1.54, 1.807) is 54.9 Å². The number of carbonyl (C=O) groups excluding carboxylic acids is 2. The van der Waals surface area contributed by atoms with E-state index in [0.717, 1.165) is 16.7 Å². The Labute approximate surface area is 179 Å². The van der Waals surface area contributed by atoms with Crippen molar-refractivity contribution in [3.05, 3.63) is 101 Å². The number of nitrogens with zero attached hydrogens (tertiary/aromatic N) is 3. The highest BCUT2D eigenvalue weighted by Crippen LogP contribution is 2.18. The first-order chi connectivity index (χ1) is 15.0. The van der Waals surface area contributed by atoms with E-state index in [0.29, 0.717) is 22.5 Å². The van der Waals surface area contributed by atoms with Gasteiger partial charge in [-0.25, -0.2) is 0 Å². The molecule has 0 radical (unpaired) electrons. The smallest absolute Gasteiger partial charge is 0.252 e. The highest BCUT2D eigenvalue weighted by molar-refractivity contribution is 6.15. The molecular formula is C24H20N4O3. The molecule has 0 spiro atoms. The molecule has 0 fully saturated rings.